The molecule has 3 rings (SSSR count). The Kier molecular flexibility index (Phi) is 3.58. The quantitative estimate of drug-likeness (QED) is 0.570. The van der Waals surface area contributed by atoms with Crippen molar-refractivity contribution in [2.24, 2.45) is 7.05 Å². The summed E-state index contributed by atoms with van der Waals surface area (Å²) in [5.74, 6) is 0.314. The standard InChI is InChI=1S/C17H12ClN3O/c1-21-15-5-3-2-4-14(15)20-17(21)13(10-19)16(22)11-6-8-12(18)9-7-11/h2-9,22H,1H3/b16-13-. The number of aliphatic hydroxyl groups excluding tert-OH is 1. The molecule has 3 aromatic rings. The lowest BCUT2D eigenvalue weighted by molar-refractivity contribution is 0.513. The van der Waals surface area contributed by atoms with Crippen molar-refractivity contribution in [3.05, 3.63) is 64.9 Å². The van der Waals surface area contributed by atoms with E-state index in [1.54, 1.807) is 28.8 Å². The molecule has 0 bridgehead atoms. The summed E-state index contributed by atoms with van der Waals surface area (Å²) < 4.78 is 1.79. The number of hydrogen-bond donors (Lipinski definition) is 1. The average molecular weight is 310 g/mol. The van der Waals surface area contributed by atoms with Crippen molar-refractivity contribution >= 4 is 34.0 Å². The summed E-state index contributed by atoms with van der Waals surface area (Å²) in [6.07, 6.45) is 0. The topological polar surface area (TPSA) is 61.8 Å². The number of benzene rings is 2. The van der Waals surface area contributed by atoms with E-state index in [0.29, 0.717) is 16.4 Å². The lowest BCUT2D eigenvalue weighted by Gasteiger charge is -2.05. The number of para-hydroxylation sites is 2. The fraction of sp³-hybridized carbons (Fsp3) is 0.0588. The number of aryl methyl sites for hydroxylation is 1. The Morgan fingerprint density at radius 2 is 1.86 bits per heavy atom. The van der Waals surface area contributed by atoms with Crippen molar-refractivity contribution < 1.29 is 5.11 Å². The van der Waals surface area contributed by atoms with E-state index in [-0.39, 0.29) is 11.3 Å². The molecule has 2 aromatic carbocycles. The van der Waals surface area contributed by atoms with Gasteiger partial charge in [-0.15, -0.1) is 0 Å². The number of rotatable bonds is 2. The first-order chi connectivity index (χ1) is 10.6. The Morgan fingerprint density at radius 3 is 2.50 bits per heavy atom. The zero-order valence-electron chi connectivity index (χ0n) is 11.8. The van der Waals surface area contributed by atoms with Gasteiger partial charge in [0.25, 0.3) is 0 Å². The van der Waals surface area contributed by atoms with Crippen LogP contribution in [0.2, 0.25) is 5.02 Å². The number of allylic oxidation sites excluding steroid dienone is 1. The molecule has 1 heterocycles. The number of nitriles is 1. The number of imidazole rings is 1. The van der Waals surface area contributed by atoms with Crippen LogP contribution in [0.15, 0.2) is 48.5 Å². The summed E-state index contributed by atoms with van der Waals surface area (Å²) in [5.41, 5.74) is 2.32. The second-order valence-corrected chi connectivity index (χ2v) is 5.26. The molecular formula is C17H12ClN3O. The first-order valence-corrected chi connectivity index (χ1v) is 7.00. The van der Waals surface area contributed by atoms with Crippen LogP contribution in [0.1, 0.15) is 11.4 Å². The van der Waals surface area contributed by atoms with E-state index in [1.165, 1.54) is 0 Å². The van der Waals surface area contributed by atoms with Gasteiger partial charge < -0.3 is 9.67 Å². The van der Waals surface area contributed by atoms with Crippen molar-refractivity contribution in [2.45, 2.75) is 0 Å². The molecule has 0 atom stereocenters. The van der Waals surface area contributed by atoms with Gasteiger partial charge in [-0.2, -0.15) is 5.26 Å². The van der Waals surface area contributed by atoms with Crippen LogP contribution in [0.5, 0.6) is 0 Å². The molecule has 108 valence electrons. The van der Waals surface area contributed by atoms with Gasteiger partial charge in [-0.05, 0) is 36.4 Å². The molecule has 5 heteroatoms. The molecular weight excluding hydrogens is 298 g/mol. The van der Waals surface area contributed by atoms with Gasteiger partial charge in [0.05, 0.1) is 11.0 Å². The van der Waals surface area contributed by atoms with Gasteiger partial charge >= 0.3 is 0 Å². The summed E-state index contributed by atoms with van der Waals surface area (Å²) >= 11 is 5.85. The van der Waals surface area contributed by atoms with E-state index in [4.69, 9.17) is 11.6 Å². The summed E-state index contributed by atoms with van der Waals surface area (Å²) in [4.78, 5) is 4.44. The van der Waals surface area contributed by atoms with Crippen molar-refractivity contribution in [1.29, 1.82) is 5.26 Å². The zero-order valence-corrected chi connectivity index (χ0v) is 12.5. The third kappa shape index (κ3) is 2.32. The molecule has 0 aliphatic rings. The van der Waals surface area contributed by atoms with Gasteiger partial charge in [-0.3, -0.25) is 0 Å². The monoisotopic (exact) mass is 309 g/mol. The smallest absolute Gasteiger partial charge is 0.155 e. The minimum atomic E-state index is -0.113. The minimum absolute atomic E-state index is 0.113. The Labute approximate surface area is 132 Å². The Hall–Kier alpha value is -2.77. The average Bonchev–Trinajstić information content (AvgIpc) is 2.86. The highest BCUT2D eigenvalue weighted by Gasteiger charge is 2.17. The summed E-state index contributed by atoms with van der Waals surface area (Å²) in [6.45, 7) is 0. The van der Waals surface area contributed by atoms with Crippen molar-refractivity contribution in [3.63, 3.8) is 0 Å². The normalized spacial score (nSPS) is 12.0. The number of fused-ring (bicyclic) bond motifs is 1. The van der Waals surface area contributed by atoms with E-state index in [2.05, 4.69) is 4.98 Å². The first-order valence-electron chi connectivity index (χ1n) is 6.63. The molecule has 1 N–H and O–H groups in total. The van der Waals surface area contributed by atoms with E-state index in [0.717, 1.165) is 11.0 Å². The van der Waals surface area contributed by atoms with Gasteiger partial charge in [0, 0.05) is 17.6 Å². The molecule has 0 aliphatic heterocycles. The molecule has 1 aromatic heterocycles. The predicted molar refractivity (Wildman–Crippen MR) is 87.2 cm³/mol. The molecule has 0 saturated carbocycles. The van der Waals surface area contributed by atoms with Crippen LogP contribution in [0.4, 0.5) is 0 Å². The first kappa shape index (κ1) is 14.2. The van der Waals surface area contributed by atoms with Crippen LogP contribution < -0.4 is 0 Å². The molecule has 0 unspecified atom stereocenters. The second-order valence-electron chi connectivity index (χ2n) is 4.83. The van der Waals surface area contributed by atoms with Crippen LogP contribution in [0.25, 0.3) is 22.4 Å². The Balaban J connectivity index is 2.21. The highest BCUT2D eigenvalue weighted by atomic mass is 35.5. The maximum absolute atomic E-state index is 10.4. The maximum atomic E-state index is 10.4. The molecule has 0 amide bonds. The van der Waals surface area contributed by atoms with Gasteiger partial charge in [0.1, 0.15) is 17.4 Å². The molecule has 0 fully saturated rings. The van der Waals surface area contributed by atoms with Crippen LogP contribution in [-0.4, -0.2) is 14.7 Å². The summed E-state index contributed by atoms with van der Waals surface area (Å²) in [6, 6.07) is 16.3. The Morgan fingerprint density at radius 1 is 1.18 bits per heavy atom. The molecule has 0 saturated heterocycles. The molecule has 0 aliphatic carbocycles. The molecule has 4 nitrogen and oxygen atoms in total. The van der Waals surface area contributed by atoms with Gasteiger partial charge in [-0.25, -0.2) is 4.98 Å². The fourth-order valence-corrected chi connectivity index (χ4v) is 2.46. The number of halogens is 1. The summed E-state index contributed by atoms with van der Waals surface area (Å²) in [5, 5.41) is 20.5. The third-order valence-electron chi connectivity index (χ3n) is 3.48. The summed E-state index contributed by atoms with van der Waals surface area (Å²) in [7, 11) is 1.82. The second kappa shape index (κ2) is 5.55. The van der Waals surface area contributed by atoms with Crippen molar-refractivity contribution in [1.82, 2.24) is 9.55 Å². The van der Waals surface area contributed by atoms with Crippen LogP contribution in [0.3, 0.4) is 0 Å². The number of aromatic nitrogens is 2. The number of nitrogens with zero attached hydrogens (tertiary/aromatic N) is 3. The van der Waals surface area contributed by atoms with Crippen LogP contribution >= 0.6 is 11.6 Å². The van der Waals surface area contributed by atoms with E-state index in [1.807, 2.05) is 37.4 Å². The number of hydrogen-bond acceptors (Lipinski definition) is 3. The lowest BCUT2D eigenvalue weighted by Crippen LogP contribution is -1.99. The SMILES string of the molecule is Cn1c(/C(C#N)=C(\O)c2ccc(Cl)cc2)nc2ccccc21. The zero-order chi connectivity index (χ0) is 15.7. The third-order valence-corrected chi connectivity index (χ3v) is 3.73. The highest BCUT2D eigenvalue weighted by Crippen LogP contribution is 2.26. The molecule has 0 radical (unpaired) electrons. The van der Waals surface area contributed by atoms with Crippen LogP contribution in [0, 0.1) is 11.3 Å². The van der Waals surface area contributed by atoms with Gasteiger partial charge in [0.15, 0.2) is 5.82 Å². The van der Waals surface area contributed by atoms with Gasteiger partial charge in [-0.1, -0.05) is 23.7 Å². The molecule has 0 spiro atoms. The highest BCUT2D eigenvalue weighted by molar-refractivity contribution is 6.30. The lowest BCUT2D eigenvalue weighted by atomic mass is 10.1. The van der Waals surface area contributed by atoms with Crippen molar-refractivity contribution in [3.8, 4) is 6.07 Å². The van der Waals surface area contributed by atoms with E-state index in [9.17, 15) is 10.4 Å². The van der Waals surface area contributed by atoms with Crippen LogP contribution in [-0.2, 0) is 7.05 Å². The van der Waals surface area contributed by atoms with E-state index < -0.39 is 0 Å². The minimum Gasteiger partial charge on any atom is -0.506 e. The predicted octanol–water partition coefficient (Wildman–Crippen LogP) is 4.18. The van der Waals surface area contributed by atoms with Gasteiger partial charge in [0.2, 0.25) is 0 Å². The van der Waals surface area contributed by atoms with Crippen molar-refractivity contribution in [2.75, 3.05) is 0 Å². The number of aliphatic hydroxyl groups is 1. The molecule has 22 heavy (non-hydrogen) atoms. The van der Waals surface area contributed by atoms with E-state index >= 15 is 0 Å². The fourth-order valence-electron chi connectivity index (χ4n) is 2.33. The maximum Gasteiger partial charge on any atom is 0.155 e. The largest absolute Gasteiger partial charge is 0.506 e. The Bertz CT molecular complexity index is 917.